The minimum Gasteiger partial charge on any atom is -0.495 e. The number of methoxy groups -OCH3 is 1. The molecule has 0 spiro atoms. The topological polar surface area (TPSA) is 81.9 Å². The number of anilines is 1. The maximum absolute atomic E-state index is 12.1. The fourth-order valence-corrected chi connectivity index (χ4v) is 2.33. The molecule has 114 valence electrons. The fourth-order valence-electron chi connectivity index (χ4n) is 2.33. The number of rotatable bonds is 4. The molecule has 1 amide bonds. The van der Waals surface area contributed by atoms with Gasteiger partial charge in [0.1, 0.15) is 5.75 Å². The molecule has 1 saturated heterocycles. The maximum atomic E-state index is 12.1. The van der Waals surface area contributed by atoms with Crippen molar-refractivity contribution in [2.75, 3.05) is 25.9 Å². The van der Waals surface area contributed by atoms with Gasteiger partial charge in [-0.15, -0.1) is 0 Å². The van der Waals surface area contributed by atoms with Crippen LogP contribution in [-0.2, 0) is 9.53 Å². The Balaban J connectivity index is 2.00. The molecule has 0 radical (unpaired) electrons. The zero-order valence-electron chi connectivity index (χ0n) is 12.3. The van der Waals surface area contributed by atoms with E-state index in [0.29, 0.717) is 17.0 Å². The highest BCUT2D eigenvalue weighted by Crippen LogP contribution is 2.22. The van der Waals surface area contributed by atoms with Crippen LogP contribution in [0.5, 0.6) is 5.75 Å². The van der Waals surface area contributed by atoms with Crippen LogP contribution < -0.4 is 10.5 Å². The lowest BCUT2D eigenvalue weighted by Gasteiger charge is -2.20. The average Bonchev–Trinajstić information content (AvgIpc) is 3.00. The highest BCUT2D eigenvalue weighted by molar-refractivity contribution is 5.93. The molecule has 1 fully saturated rings. The molecule has 0 saturated carbocycles. The summed E-state index contributed by atoms with van der Waals surface area (Å²) in [5.41, 5.74) is 6.40. The third-order valence-electron chi connectivity index (χ3n) is 3.51. The van der Waals surface area contributed by atoms with Gasteiger partial charge in [0, 0.05) is 13.1 Å². The van der Waals surface area contributed by atoms with E-state index >= 15 is 0 Å². The van der Waals surface area contributed by atoms with Crippen LogP contribution in [0.25, 0.3) is 0 Å². The molecule has 1 aliphatic rings. The van der Waals surface area contributed by atoms with Gasteiger partial charge in [-0.2, -0.15) is 0 Å². The number of hydrogen-bond acceptors (Lipinski definition) is 5. The highest BCUT2D eigenvalue weighted by atomic mass is 16.5. The Hall–Kier alpha value is -2.24. The minimum absolute atomic E-state index is 0.151. The molecule has 2 rings (SSSR count). The molecular weight excluding hydrogens is 272 g/mol. The predicted octanol–water partition coefficient (Wildman–Crippen LogP) is 1.45. The molecule has 1 aliphatic heterocycles. The molecule has 6 nitrogen and oxygen atoms in total. The molecule has 1 unspecified atom stereocenters. The lowest BCUT2D eigenvalue weighted by atomic mass is 10.2. The van der Waals surface area contributed by atoms with Gasteiger partial charge >= 0.3 is 5.97 Å². The van der Waals surface area contributed by atoms with Gasteiger partial charge in [0.25, 0.3) is 5.91 Å². The number of nitrogens with two attached hydrogens (primary N) is 1. The number of carbonyl (C=O) groups is 2. The lowest BCUT2D eigenvalue weighted by molar-refractivity contribution is -0.138. The first-order valence-electron chi connectivity index (χ1n) is 6.96. The van der Waals surface area contributed by atoms with Gasteiger partial charge in [-0.25, -0.2) is 4.79 Å². The number of nitrogen functional groups attached to an aromatic ring is 1. The SMILES string of the molecule is COc1ccc(C(=O)OC(C)C(=O)N2CCCC2)cc1N. The van der Waals surface area contributed by atoms with Crippen molar-refractivity contribution in [3.63, 3.8) is 0 Å². The quantitative estimate of drug-likeness (QED) is 0.671. The lowest BCUT2D eigenvalue weighted by Crippen LogP contribution is -2.38. The number of esters is 1. The second kappa shape index (κ2) is 6.47. The van der Waals surface area contributed by atoms with Gasteiger partial charge in [-0.1, -0.05) is 0 Å². The third kappa shape index (κ3) is 3.45. The number of amides is 1. The van der Waals surface area contributed by atoms with Crippen molar-refractivity contribution in [2.24, 2.45) is 0 Å². The third-order valence-corrected chi connectivity index (χ3v) is 3.51. The van der Waals surface area contributed by atoms with Crippen molar-refractivity contribution < 1.29 is 19.1 Å². The first-order valence-corrected chi connectivity index (χ1v) is 6.96. The van der Waals surface area contributed by atoms with Gasteiger partial charge in [0.05, 0.1) is 18.4 Å². The second-order valence-electron chi connectivity index (χ2n) is 5.04. The Morgan fingerprint density at radius 3 is 2.52 bits per heavy atom. The summed E-state index contributed by atoms with van der Waals surface area (Å²) in [6, 6.07) is 4.64. The van der Waals surface area contributed by atoms with Crippen LogP contribution in [0.2, 0.25) is 0 Å². The Kier molecular flexibility index (Phi) is 4.67. The Labute approximate surface area is 123 Å². The van der Waals surface area contributed by atoms with Crippen LogP contribution in [0, 0.1) is 0 Å². The van der Waals surface area contributed by atoms with Crippen LogP contribution in [0.1, 0.15) is 30.1 Å². The molecule has 1 aromatic rings. The first kappa shape index (κ1) is 15.2. The van der Waals surface area contributed by atoms with E-state index in [1.165, 1.54) is 13.2 Å². The van der Waals surface area contributed by atoms with E-state index in [2.05, 4.69) is 0 Å². The number of likely N-dealkylation sites (tertiary alicyclic amines) is 1. The van der Waals surface area contributed by atoms with Crippen LogP contribution in [0.3, 0.4) is 0 Å². The zero-order chi connectivity index (χ0) is 15.4. The van der Waals surface area contributed by atoms with Gasteiger partial charge in [-0.3, -0.25) is 4.79 Å². The van der Waals surface area contributed by atoms with Crippen molar-refractivity contribution in [3.8, 4) is 5.75 Å². The minimum atomic E-state index is -0.793. The predicted molar refractivity (Wildman–Crippen MR) is 78.1 cm³/mol. The van der Waals surface area contributed by atoms with Crippen molar-refractivity contribution in [2.45, 2.75) is 25.9 Å². The summed E-state index contributed by atoms with van der Waals surface area (Å²) in [6.45, 7) is 3.05. The standard InChI is InChI=1S/C15H20N2O4/c1-10(14(18)17-7-3-4-8-17)21-15(19)11-5-6-13(20-2)12(16)9-11/h5-6,9-10H,3-4,7-8,16H2,1-2H3. The van der Waals surface area contributed by atoms with Gasteiger partial charge in [0.15, 0.2) is 6.10 Å². The van der Waals surface area contributed by atoms with Gasteiger partial charge in [0.2, 0.25) is 0 Å². The summed E-state index contributed by atoms with van der Waals surface area (Å²) in [5.74, 6) is -0.223. The average molecular weight is 292 g/mol. The van der Waals surface area contributed by atoms with E-state index in [9.17, 15) is 9.59 Å². The molecule has 1 atom stereocenters. The summed E-state index contributed by atoms with van der Waals surface area (Å²) >= 11 is 0. The molecule has 1 aromatic carbocycles. The van der Waals surface area contributed by atoms with Crippen molar-refractivity contribution in [3.05, 3.63) is 23.8 Å². The molecule has 6 heteroatoms. The number of benzene rings is 1. The second-order valence-corrected chi connectivity index (χ2v) is 5.04. The molecule has 0 aliphatic carbocycles. The van der Waals surface area contributed by atoms with Gasteiger partial charge in [-0.05, 0) is 38.0 Å². The Morgan fingerprint density at radius 1 is 1.29 bits per heavy atom. The van der Waals surface area contributed by atoms with Crippen LogP contribution in [0.15, 0.2) is 18.2 Å². The summed E-state index contributed by atoms with van der Waals surface area (Å²) < 4.78 is 10.2. The number of hydrogen-bond donors (Lipinski definition) is 1. The van der Waals surface area contributed by atoms with E-state index in [1.807, 2.05) is 0 Å². The zero-order valence-corrected chi connectivity index (χ0v) is 12.3. The molecule has 0 bridgehead atoms. The smallest absolute Gasteiger partial charge is 0.338 e. The largest absolute Gasteiger partial charge is 0.495 e. The number of ether oxygens (including phenoxy) is 2. The molecule has 21 heavy (non-hydrogen) atoms. The van der Waals surface area contributed by atoms with E-state index in [1.54, 1.807) is 24.0 Å². The number of nitrogens with zero attached hydrogens (tertiary/aromatic N) is 1. The molecule has 0 aromatic heterocycles. The number of carbonyl (C=O) groups excluding carboxylic acids is 2. The first-order chi connectivity index (χ1) is 10.0. The summed E-state index contributed by atoms with van der Waals surface area (Å²) in [4.78, 5) is 25.8. The highest BCUT2D eigenvalue weighted by Gasteiger charge is 2.26. The fraction of sp³-hybridized carbons (Fsp3) is 0.467. The van der Waals surface area contributed by atoms with E-state index in [-0.39, 0.29) is 5.91 Å². The van der Waals surface area contributed by atoms with E-state index < -0.39 is 12.1 Å². The molecule has 1 heterocycles. The Morgan fingerprint density at radius 2 is 1.95 bits per heavy atom. The van der Waals surface area contributed by atoms with Crippen molar-refractivity contribution in [1.82, 2.24) is 4.90 Å². The van der Waals surface area contributed by atoms with Crippen molar-refractivity contribution in [1.29, 1.82) is 0 Å². The van der Waals surface area contributed by atoms with Crippen LogP contribution in [0.4, 0.5) is 5.69 Å². The van der Waals surface area contributed by atoms with Crippen molar-refractivity contribution >= 4 is 17.6 Å². The molecular formula is C15H20N2O4. The summed E-state index contributed by atoms with van der Waals surface area (Å²) in [5, 5.41) is 0. The summed E-state index contributed by atoms with van der Waals surface area (Å²) in [7, 11) is 1.50. The maximum Gasteiger partial charge on any atom is 0.338 e. The Bertz CT molecular complexity index is 538. The monoisotopic (exact) mass is 292 g/mol. The molecule has 2 N–H and O–H groups in total. The van der Waals surface area contributed by atoms with Crippen LogP contribution in [-0.4, -0.2) is 43.1 Å². The summed E-state index contributed by atoms with van der Waals surface area (Å²) in [6.07, 6.45) is 1.21. The van der Waals surface area contributed by atoms with Gasteiger partial charge < -0.3 is 20.1 Å². The van der Waals surface area contributed by atoms with E-state index in [4.69, 9.17) is 15.2 Å². The normalized spacial score (nSPS) is 15.6. The van der Waals surface area contributed by atoms with E-state index in [0.717, 1.165) is 25.9 Å². The van der Waals surface area contributed by atoms with Crippen LogP contribution >= 0.6 is 0 Å².